The molecule has 3 heteroatoms. The number of benzene rings is 2. The van der Waals surface area contributed by atoms with Crippen LogP contribution >= 0.6 is 0 Å². The van der Waals surface area contributed by atoms with Crippen LogP contribution in [0.4, 0.5) is 0 Å². The number of fused-ring (bicyclic) bond motifs is 3. The molecule has 0 nitrogen and oxygen atoms in total. The average Bonchev–Trinajstić information content (AvgIpc) is 2.98. The van der Waals surface area contributed by atoms with Crippen LogP contribution in [0, 0.1) is 6.07 Å². The summed E-state index contributed by atoms with van der Waals surface area (Å²) in [7, 11) is 0. The first kappa shape index (κ1) is 20.3. The SMILES string of the molecule is CC1=CC=C(C)C1c1[c-]c2c(cc1)-c1ccccc1C2.[Cl-].[Cl-].[Ti+3]. The van der Waals surface area contributed by atoms with Crippen molar-refractivity contribution in [2.45, 2.75) is 26.2 Å². The summed E-state index contributed by atoms with van der Waals surface area (Å²) in [6, 6.07) is 16.9. The number of halogens is 2. The van der Waals surface area contributed by atoms with Crippen molar-refractivity contribution >= 4 is 0 Å². The molecule has 0 aromatic heterocycles. The summed E-state index contributed by atoms with van der Waals surface area (Å²) in [5.41, 5.74) is 9.71. The summed E-state index contributed by atoms with van der Waals surface area (Å²) in [5.74, 6) is 0.434. The Morgan fingerprint density at radius 1 is 0.870 bits per heavy atom. The largest absolute Gasteiger partial charge is 3.00 e. The van der Waals surface area contributed by atoms with Gasteiger partial charge in [0.25, 0.3) is 0 Å². The zero-order valence-electron chi connectivity index (χ0n) is 13.2. The van der Waals surface area contributed by atoms with Gasteiger partial charge in [-0.3, -0.25) is 0 Å². The van der Waals surface area contributed by atoms with Crippen LogP contribution in [0.5, 0.6) is 0 Å². The fourth-order valence-corrected chi connectivity index (χ4v) is 3.55. The summed E-state index contributed by atoms with van der Waals surface area (Å²) < 4.78 is 0. The first-order valence-corrected chi connectivity index (χ1v) is 7.22. The zero-order chi connectivity index (χ0) is 13.7. The van der Waals surface area contributed by atoms with Crippen LogP contribution in [-0.4, -0.2) is 0 Å². The molecule has 0 N–H and O–H groups in total. The summed E-state index contributed by atoms with van der Waals surface area (Å²) in [4.78, 5) is 0. The average molecular weight is 376 g/mol. The Bertz CT molecular complexity index is 757. The predicted octanol–water partition coefficient (Wildman–Crippen LogP) is -0.947. The van der Waals surface area contributed by atoms with E-state index in [4.69, 9.17) is 0 Å². The molecule has 23 heavy (non-hydrogen) atoms. The molecule has 0 amide bonds. The van der Waals surface area contributed by atoms with Gasteiger partial charge in [-0.15, -0.1) is 11.1 Å². The molecular weight excluding hydrogens is 359 g/mol. The maximum atomic E-state index is 3.69. The molecule has 2 aliphatic rings. The van der Waals surface area contributed by atoms with Crippen molar-refractivity contribution in [3.05, 3.63) is 82.5 Å². The van der Waals surface area contributed by atoms with Crippen LogP contribution in [0.25, 0.3) is 11.1 Å². The van der Waals surface area contributed by atoms with Gasteiger partial charge in [0.1, 0.15) is 0 Å². The molecule has 2 aromatic carbocycles. The predicted molar refractivity (Wildman–Crippen MR) is 83.8 cm³/mol. The minimum Gasteiger partial charge on any atom is -1.00 e. The van der Waals surface area contributed by atoms with E-state index in [1.165, 1.54) is 39.0 Å². The van der Waals surface area contributed by atoms with Crippen molar-refractivity contribution in [3.8, 4) is 11.1 Å². The van der Waals surface area contributed by atoms with Crippen molar-refractivity contribution in [2.75, 3.05) is 0 Å². The van der Waals surface area contributed by atoms with E-state index in [9.17, 15) is 0 Å². The second kappa shape index (κ2) is 7.86. The molecule has 115 valence electrons. The molecule has 0 unspecified atom stereocenters. The van der Waals surface area contributed by atoms with E-state index < -0.39 is 0 Å². The fourth-order valence-electron chi connectivity index (χ4n) is 3.55. The van der Waals surface area contributed by atoms with Crippen LogP contribution in [0.15, 0.2) is 59.7 Å². The van der Waals surface area contributed by atoms with E-state index in [1.807, 2.05) is 0 Å². The topological polar surface area (TPSA) is 0 Å². The molecule has 0 saturated carbocycles. The molecule has 2 aromatic rings. The summed E-state index contributed by atoms with van der Waals surface area (Å²) in [6.45, 7) is 4.43. The van der Waals surface area contributed by atoms with E-state index in [2.05, 4.69) is 68.5 Å². The number of allylic oxidation sites excluding steroid dienone is 4. The number of rotatable bonds is 1. The number of hydrogen-bond donors (Lipinski definition) is 0. The molecular formula is C20H17Cl2Ti. The van der Waals surface area contributed by atoms with Crippen LogP contribution in [0.2, 0.25) is 0 Å². The summed E-state index contributed by atoms with van der Waals surface area (Å²) >= 11 is 0. The van der Waals surface area contributed by atoms with Gasteiger partial charge in [-0.2, -0.15) is 23.8 Å². The molecule has 0 spiro atoms. The van der Waals surface area contributed by atoms with E-state index in [0.29, 0.717) is 5.92 Å². The monoisotopic (exact) mass is 375 g/mol. The molecule has 2 aliphatic carbocycles. The second-order valence-electron chi connectivity index (χ2n) is 5.89. The molecule has 0 heterocycles. The van der Waals surface area contributed by atoms with Crippen molar-refractivity contribution < 1.29 is 46.5 Å². The Morgan fingerprint density at radius 2 is 1.52 bits per heavy atom. The van der Waals surface area contributed by atoms with Gasteiger partial charge >= 0.3 is 21.7 Å². The van der Waals surface area contributed by atoms with Crippen molar-refractivity contribution in [2.24, 2.45) is 0 Å². The molecule has 0 atom stereocenters. The molecule has 1 radical (unpaired) electrons. The molecule has 0 bridgehead atoms. The van der Waals surface area contributed by atoms with Crippen LogP contribution < -0.4 is 24.8 Å². The third kappa shape index (κ3) is 3.37. The first-order chi connectivity index (χ1) is 9.74. The molecule has 0 saturated heterocycles. The van der Waals surface area contributed by atoms with Gasteiger partial charge < -0.3 is 24.8 Å². The molecule has 4 rings (SSSR count). The van der Waals surface area contributed by atoms with Crippen LogP contribution in [-0.2, 0) is 28.1 Å². The van der Waals surface area contributed by atoms with Crippen LogP contribution in [0.3, 0.4) is 0 Å². The van der Waals surface area contributed by atoms with Gasteiger partial charge in [0.2, 0.25) is 0 Å². The zero-order valence-corrected chi connectivity index (χ0v) is 16.2. The Labute approximate surface area is 165 Å². The smallest absolute Gasteiger partial charge is 1.00 e. The summed E-state index contributed by atoms with van der Waals surface area (Å²) in [5, 5.41) is 0. The van der Waals surface area contributed by atoms with Crippen LogP contribution in [0.1, 0.15) is 36.5 Å². The van der Waals surface area contributed by atoms with Gasteiger partial charge in [0.05, 0.1) is 0 Å². The Balaban J connectivity index is 0.000000882. The van der Waals surface area contributed by atoms with E-state index in [-0.39, 0.29) is 46.5 Å². The van der Waals surface area contributed by atoms with Crippen molar-refractivity contribution in [1.29, 1.82) is 0 Å². The minimum absolute atomic E-state index is 0. The van der Waals surface area contributed by atoms with Gasteiger partial charge in [0, 0.05) is 5.92 Å². The Kier molecular flexibility index (Phi) is 6.92. The first-order valence-electron chi connectivity index (χ1n) is 7.22. The van der Waals surface area contributed by atoms with Gasteiger partial charge in [0.15, 0.2) is 0 Å². The third-order valence-corrected chi connectivity index (χ3v) is 4.56. The Hall–Kier alpha value is -0.786. The second-order valence-corrected chi connectivity index (χ2v) is 5.89. The summed E-state index contributed by atoms with van der Waals surface area (Å²) in [6.07, 6.45) is 5.49. The van der Waals surface area contributed by atoms with E-state index in [1.54, 1.807) is 0 Å². The van der Waals surface area contributed by atoms with E-state index in [0.717, 1.165) is 6.42 Å². The minimum atomic E-state index is 0. The number of hydrogen-bond acceptors (Lipinski definition) is 0. The standard InChI is InChI=1S/C20H17.2ClH.Ti/c1-13-7-8-14(2)20(13)16-9-10-19-17(12-16)11-15-5-3-4-6-18(15)19;;;/h3-10,20H,11H2,1-2H3;2*1H;/q-1;;;+3/p-2. The molecule has 0 fully saturated rings. The quantitative estimate of drug-likeness (QED) is 0.380. The normalized spacial score (nSPS) is 14.5. The maximum absolute atomic E-state index is 3.69. The third-order valence-electron chi connectivity index (χ3n) is 4.56. The van der Waals surface area contributed by atoms with Gasteiger partial charge in [-0.05, 0) is 20.3 Å². The molecule has 0 aliphatic heterocycles. The Morgan fingerprint density at radius 3 is 2.22 bits per heavy atom. The van der Waals surface area contributed by atoms with Crippen molar-refractivity contribution in [1.82, 2.24) is 0 Å². The van der Waals surface area contributed by atoms with Gasteiger partial charge in [-0.1, -0.05) is 58.7 Å². The maximum Gasteiger partial charge on any atom is 3.00 e. The van der Waals surface area contributed by atoms with E-state index >= 15 is 0 Å². The fraction of sp³-hybridized carbons (Fsp3) is 0.200. The van der Waals surface area contributed by atoms with Crippen molar-refractivity contribution in [3.63, 3.8) is 0 Å². The van der Waals surface area contributed by atoms with Gasteiger partial charge in [-0.25, -0.2) is 0 Å².